The number of halogens is 1. The van der Waals surface area contributed by atoms with E-state index in [1.807, 2.05) is 0 Å². The normalized spacial score (nSPS) is 17.9. The van der Waals surface area contributed by atoms with Crippen LogP contribution in [-0.2, 0) is 18.9 Å². The van der Waals surface area contributed by atoms with Crippen molar-refractivity contribution >= 4 is 54.3 Å². The Morgan fingerprint density at radius 2 is 2.05 bits per heavy atom. The number of hydrazone groups is 1. The summed E-state index contributed by atoms with van der Waals surface area (Å²) in [5, 5.41) is 6.78. The molecule has 4 N–H and O–H groups in total. The van der Waals surface area contributed by atoms with Crippen molar-refractivity contribution in [2.45, 2.75) is 6.10 Å². The lowest BCUT2D eigenvalue weighted by Crippen LogP contribution is -2.33. The maximum Gasteiger partial charge on any atom is 0.524 e. The lowest BCUT2D eigenvalue weighted by molar-refractivity contribution is -0.118. The first-order valence-corrected chi connectivity index (χ1v) is 13.2. The number of hydrogen-bond donors (Lipinski definition) is 4. The Morgan fingerprint density at radius 1 is 1.30 bits per heavy atom. The van der Waals surface area contributed by atoms with Gasteiger partial charge in [0.1, 0.15) is 22.7 Å². The lowest BCUT2D eigenvalue weighted by Gasteiger charge is -2.16. The molecule has 37 heavy (non-hydrogen) atoms. The van der Waals surface area contributed by atoms with Gasteiger partial charge in [-0.1, -0.05) is 23.9 Å². The molecule has 0 saturated carbocycles. The zero-order chi connectivity index (χ0) is 26.6. The zero-order valence-electron chi connectivity index (χ0n) is 18.9. The first-order chi connectivity index (χ1) is 17.6. The number of ether oxygens (including phenoxy) is 1. The second-order valence-electron chi connectivity index (χ2n) is 7.75. The summed E-state index contributed by atoms with van der Waals surface area (Å²) in [7, 11) is -4.65. The summed E-state index contributed by atoms with van der Waals surface area (Å²) in [6, 6.07) is 9.88. The molecule has 0 radical (unpaired) electrons. The molecule has 15 heteroatoms. The fourth-order valence-electron chi connectivity index (χ4n) is 3.36. The van der Waals surface area contributed by atoms with Crippen LogP contribution in [0.2, 0.25) is 0 Å². The van der Waals surface area contributed by atoms with Gasteiger partial charge in [0.05, 0.1) is 24.5 Å². The van der Waals surface area contributed by atoms with Gasteiger partial charge in [-0.15, -0.1) is 0 Å². The van der Waals surface area contributed by atoms with E-state index in [9.17, 15) is 23.3 Å². The molecule has 2 heterocycles. The molecule has 0 aliphatic carbocycles. The third-order valence-corrected chi connectivity index (χ3v) is 6.47. The zero-order valence-corrected chi connectivity index (χ0v) is 20.6. The molecule has 1 atom stereocenters. The first-order valence-electron chi connectivity index (χ1n) is 10.7. The number of anilines is 1. The van der Waals surface area contributed by atoms with Gasteiger partial charge in [-0.25, -0.2) is 19.2 Å². The van der Waals surface area contributed by atoms with Crippen LogP contribution in [-0.4, -0.2) is 57.7 Å². The van der Waals surface area contributed by atoms with Crippen molar-refractivity contribution in [3.8, 4) is 5.75 Å². The number of nitrogens with one attached hydrogen (secondary N) is 2. The molecule has 2 aromatic rings. The summed E-state index contributed by atoms with van der Waals surface area (Å²) in [6.07, 6.45) is 1.38. The predicted octanol–water partition coefficient (Wildman–Crippen LogP) is 1.98. The minimum Gasteiger partial charge on any atom is -0.442 e. The molecule has 2 aromatic carbocycles. The molecule has 4 rings (SSSR count). The second kappa shape index (κ2) is 11.1. The summed E-state index contributed by atoms with van der Waals surface area (Å²) in [5.74, 6) is -1.24. The molecular formula is C22H20FN4O8PS. The van der Waals surface area contributed by atoms with E-state index in [0.717, 1.165) is 11.8 Å². The SMILES string of the molecule is O=C(C=Cc1ccc(OP(=O)(O)O)cc1)NCC1CN(c2ccc(C3=NNC(=O)CS3)c(F)c2)C(=O)O1. The van der Waals surface area contributed by atoms with Gasteiger partial charge in [0.25, 0.3) is 5.91 Å². The van der Waals surface area contributed by atoms with E-state index in [-0.39, 0.29) is 41.7 Å². The van der Waals surface area contributed by atoms with E-state index in [4.69, 9.17) is 14.5 Å². The van der Waals surface area contributed by atoms with Crippen LogP contribution in [0.5, 0.6) is 5.75 Å². The standard InChI is InChI=1S/C22H20FN4O8PS/c23-18-9-14(4-7-17(18)21-26-25-20(29)12-37-21)27-11-16(34-22(27)30)10-24-19(28)8-3-13-1-5-15(6-2-13)35-36(31,32)33/h1-9,16H,10-12H2,(H,24,28)(H,25,29)(H2,31,32,33). The topological polar surface area (TPSA) is 167 Å². The highest BCUT2D eigenvalue weighted by atomic mass is 32.2. The summed E-state index contributed by atoms with van der Waals surface area (Å²) in [4.78, 5) is 54.5. The minimum absolute atomic E-state index is 0.0211. The van der Waals surface area contributed by atoms with E-state index < -0.39 is 31.7 Å². The molecule has 2 aliphatic rings. The fraction of sp³-hybridized carbons (Fsp3) is 0.182. The van der Waals surface area contributed by atoms with Crippen LogP contribution < -0.4 is 20.2 Å². The maximum absolute atomic E-state index is 14.7. The van der Waals surface area contributed by atoms with Crippen molar-refractivity contribution in [3.63, 3.8) is 0 Å². The number of thioether (sulfide) groups is 1. The number of rotatable bonds is 8. The Hall–Kier alpha value is -3.71. The minimum atomic E-state index is -4.65. The number of nitrogens with zero attached hydrogens (tertiary/aromatic N) is 2. The highest BCUT2D eigenvalue weighted by Crippen LogP contribution is 2.37. The smallest absolute Gasteiger partial charge is 0.442 e. The van der Waals surface area contributed by atoms with Gasteiger partial charge < -0.3 is 14.6 Å². The summed E-state index contributed by atoms with van der Waals surface area (Å²) >= 11 is 1.10. The molecular weight excluding hydrogens is 530 g/mol. The Bertz CT molecular complexity index is 1330. The van der Waals surface area contributed by atoms with Crippen LogP contribution in [0.3, 0.4) is 0 Å². The van der Waals surface area contributed by atoms with Crippen LogP contribution in [0.25, 0.3) is 6.08 Å². The Morgan fingerprint density at radius 3 is 2.70 bits per heavy atom. The van der Waals surface area contributed by atoms with Gasteiger partial charge in [-0.2, -0.15) is 5.10 Å². The fourth-order valence-corrected chi connectivity index (χ4v) is 4.52. The van der Waals surface area contributed by atoms with E-state index >= 15 is 0 Å². The molecule has 2 aliphatic heterocycles. The molecule has 1 fully saturated rings. The monoisotopic (exact) mass is 550 g/mol. The molecule has 0 bridgehead atoms. The first kappa shape index (κ1) is 26.4. The van der Waals surface area contributed by atoms with E-state index in [2.05, 4.69) is 20.4 Å². The van der Waals surface area contributed by atoms with Crippen LogP contribution in [0.15, 0.2) is 53.6 Å². The predicted molar refractivity (Wildman–Crippen MR) is 132 cm³/mol. The van der Waals surface area contributed by atoms with Crippen molar-refractivity contribution in [2.75, 3.05) is 23.7 Å². The van der Waals surface area contributed by atoms with Gasteiger partial charge in [-0.3, -0.25) is 24.3 Å². The highest BCUT2D eigenvalue weighted by molar-refractivity contribution is 8.15. The largest absolute Gasteiger partial charge is 0.524 e. The van der Waals surface area contributed by atoms with Crippen molar-refractivity contribution in [3.05, 3.63) is 65.5 Å². The van der Waals surface area contributed by atoms with Gasteiger partial charge in [0.15, 0.2) is 0 Å². The van der Waals surface area contributed by atoms with Gasteiger partial charge in [0.2, 0.25) is 5.91 Å². The third kappa shape index (κ3) is 7.17. The summed E-state index contributed by atoms with van der Waals surface area (Å²) in [6.45, 7) is 0.114. The Balaban J connectivity index is 1.29. The molecule has 194 valence electrons. The average Bonchev–Trinajstić information content (AvgIpc) is 3.22. The van der Waals surface area contributed by atoms with E-state index in [0.29, 0.717) is 10.6 Å². The van der Waals surface area contributed by atoms with Crippen LogP contribution in [0.4, 0.5) is 14.9 Å². The van der Waals surface area contributed by atoms with Crippen molar-refractivity contribution in [2.24, 2.45) is 5.10 Å². The lowest BCUT2D eigenvalue weighted by atomic mass is 10.2. The van der Waals surface area contributed by atoms with E-state index in [1.165, 1.54) is 53.5 Å². The van der Waals surface area contributed by atoms with E-state index in [1.54, 1.807) is 6.07 Å². The maximum atomic E-state index is 14.7. The molecule has 1 saturated heterocycles. The number of phosphoric acid groups is 1. The summed E-state index contributed by atoms with van der Waals surface area (Å²) in [5.41, 5.74) is 3.35. The second-order valence-corrected chi connectivity index (χ2v) is 9.88. The van der Waals surface area contributed by atoms with Crippen LogP contribution in [0, 0.1) is 5.82 Å². The molecule has 0 aromatic heterocycles. The van der Waals surface area contributed by atoms with Crippen LogP contribution in [0.1, 0.15) is 11.1 Å². The van der Waals surface area contributed by atoms with Gasteiger partial charge in [-0.05, 0) is 42.0 Å². The molecule has 0 spiro atoms. The number of phosphoric ester groups is 1. The number of carbonyl (C=O) groups is 3. The molecule has 3 amide bonds. The van der Waals surface area contributed by atoms with Crippen molar-refractivity contribution in [1.82, 2.24) is 10.7 Å². The molecule has 12 nitrogen and oxygen atoms in total. The third-order valence-electron chi connectivity index (χ3n) is 5.03. The number of carbonyl (C=O) groups excluding carboxylic acids is 3. The van der Waals surface area contributed by atoms with Gasteiger partial charge in [0, 0.05) is 11.6 Å². The van der Waals surface area contributed by atoms with Crippen LogP contribution >= 0.6 is 19.6 Å². The average molecular weight is 550 g/mol. The Labute approximate surface area is 213 Å². The quantitative estimate of drug-likeness (QED) is 0.284. The molecule has 1 unspecified atom stereocenters. The summed E-state index contributed by atoms with van der Waals surface area (Å²) < 4.78 is 35.2. The Kier molecular flexibility index (Phi) is 7.93. The highest BCUT2D eigenvalue weighted by Gasteiger charge is 2.33. The number of hydrogen-bond acceptors (Lipinski definition) is 8. The van der Waals surface area contributed by atoms with Crippen molar-refractivity contribution < 1.29 is 42.4 Å². The van der Waals surface area contributed by atoms with Gasteiger partial charge >= 0.3 is 13.9 Å². The number of benzene rings is 2. The van der Waals surface area contributed by atoms with Crippen molar-refractivity contribution in [1.29, 1.82) is 0 Å². The number of cyclic esters (lactones) is 1. The number of amides is 3.